The Kier molecular flexibility index (Phi) is 12.0. The number of nitrogens with one attached hydrogen (secondary N) is 3. The Morgan fingerprint density at radius 2 is 1.31 bits per heavy atom. The van der Waals surface area contributed by atoms with Gasteiger partial charge in [0.15, 0.2) is 0 Å². The van der Waals surface area contributed by atoms with E-state index in [-0.39, 0.29) is 12.3 Å². The second kappa shape index (κ2) is 14.4. The van der Waals surface area contributed by atoms with Crippen LogP contribution in [0.2, 0.25) is 0 Å². The Morgan fingerprint density at radius 1 is 0.778 bits per heavy atom. The van der Waals surface area contributed by atoms with Crippen LogP contribution in [-0.2, 0) is 35.2 Å². The summed E-state index contributed by atoms with van der Waals surface area (Å²) in [4.78, 5) is 71.7. The Labute approximate surface area is 207 Å². The normalized spacial score (nSPS) is 14.1. The highest BCUT2D eigenvalue weighted by Gasteiger charge is 2.32. The van der Waals surface area contributed by atoms with Gasteiger partial charge in [-0.05, 0) is 17.9 Å². The third-order valence-corrected chi connectivity index (χ3v) is 5.21. The molecule has 0 radical (unpaired) electrons. The number of hydrogen-bond donors (Lipinski definition) is 7. The molecule has 13 nitrogen and oxygen atoms in total. The largest absolute Gasteiger partial charge is 0.481 e. The average Bonchev–Trinajstić information content (AvgIpc) is 2.79. The molecule has 0 saturated heterocycles. The third-order valence-electron chi connectivity index (χ3n) is 5.21. The second-order valence-corrected chi connectivity index (χ2v) is 8.51. The van der Waals surface area contributed by atoms with Gasteiger partial charge >= 0.3 is 17.9 Å². The maximum absolute atomic E-state index is 13.1. The number of hydrogen-bond acceptors (Lipinski definition) is 7. The molecule has 4 atom stereocenters. The number of amides is 3. The highest BCUT2D eigenvalue weighted by molar-refractivity contribution is 5.95. The molecular formula is C23H32N4O9. The van der Waals surface area contributed by atoms with Crippen molar-refractivity contribution in [1.29, 1.82) is 0 Å². The number of aliphatic carboxylic acids is 3. The molecule has 1 rings (SSSR count). The number of carboxylic acids is 3. The number of carbonyl (C=O) groups is 6. The van der Waals surface area contributed by atoms with Crippen molar-refractivity contribution in [3.8, 4) is 0 Å². The molecule has 0 saturated carbocycles. The van der Waals surface area contributed by atoms with Crippen molar-refractivity contribution in [2.24, 2.45) is 11.7 Å². The van der Waals surface area contributed by atoms with Crippen LogP contribution in [0.4, 0.5) is 0 Å². The lowest BCUT2D eigenvalue weighted by molar-refractivity contribution is -0.144. The van der Waals surface area contributed by atoms with E-state index in [4.69, 9.17) is 10.8 Å². The lowest BCUT2D eigenvalue weighted by Crippen LogP contribution is -2.58. The molecule has 0 fully saturated rings. The zero-order valence-electron chi connectivity index (χ0n) is 20.0. The summed E-state index contributed by atoms with van der Waals surface area (Å²) in [7, 11) is 0. The minimum absolute atomic E-state index is 0.000994. The van der Waals surface area contributed by atoms with Gasteiger partial charge in [0.1, 0.15) is 18.1 Å². The first-order valence-corrected chi connectivity index (χ1v) is 11.2. The van der Waals surface area contributed by atoms with Crippen molar-refractivity contribution in [3.63, 3.8) is 0 Å². The Bertz CT molecular complexity index is 952. The summed E-state index contributed by atoms with van der Waals surface area (Å²) < 4.78 is 0. The van der Waals surface area contributed by atoms with Gasteiger partial charge < -0.3 is 37.0 Å². The first kappa shape index (κ1) is 30.0. The summed E-state index contributed by atoms with van der Waals surface area (Å²) in [6.45, 7) is 3.43. The van der Waals surface area contributed by atoms with E-state index in [0.717, 1.165) is 0 Å². The fraction of sp³-hybridized carbons (Fsp3) is 0.478. The van der Waals surface area contributed by atoms with Gasteiger partial charge in [0.25, 0.3) is 0 Å². The van der Waals surface area contributed by atoms with Crippen molar-refractivity contribution in [2.45, 2.75) is 63.7 Å². The van der Waals surface area contributed by atoms with Gasteiger partial charge in [-0.25, -0.2) is 4.79 Å². The molecule has 0 aliphatic heterocycles. The van der Waals surface area contributed by atoms with E-state index in [1.807, 2.05) is 0 Å². The topological polar surface area (TPSA) is 225 Å². The molecule has 0 aromatic heterocycles. The lowest BCUT2D eigenvalue weighted by atomic mass is 10.0. The summed E-state index contributed by atoms with van der Waals surface area (Å²) in [6.07, 6.45) is -1.90. The Morgan fingerprint density at radius 3 is 1.81 bits per heavy atom. The van der Waals surface area contributed by atoms with Gasteiger partial charge in [-0.3, -0.25) is 24.0 Å². The summed E-state index contributed by atoms with van der Waals surface area (Å²) in [5.74, 6) is -7.16. The van der Waals surface area contributed by atoms with Gasteiger partial charge in [0.05, 0.1) is 12.5 Å². The zero-order valence-corrected chi connectivity index (χ0v) is 20.0. The van der Waals surface area contributed by atoms with Crippen LogP contribution in [0.3, 0.4) is 0 Å². The molecule has 0 bridgehead atoms. The highest BCUT2D eigenvalue weighted by atomic mass is 16.4. The van der Waals surface area contributed by atoms with Crippen molar-refractivity contribution in [3.05, 3.63) is 35.9 Å². The van der Waals surface area contributed by atoms with Crippen LogP contribution in [0.5, 0.6) is 0 Å². The minimum atomic E-state index is -1.70. The van der Waals surface area contributed by atoms with Crippen molar-refractivity contribution in [2.75, 3.05) is 0 Å². The molecule has 0 aliphatic carbocycles. The molecule has 4 unspecified atom stereocenters. The van der Waals surface area contributed by atoms with Crippen LogP contribution in [0.1, 0.15) is 38.7 Å². The molecule has 1 aromatic rings. The second-order valence-electron chi connectivity index (χ2n) is 8.51. The minimum Gasteiger partial charge on any atom is -0.481 e. The molecule has 198 valence electrons. The molecule has 0 heterocycles. The average molecular weight is 509 g/mol. The Balaban J connectivity index is 3.10. The van der Waals surface area contributed by atoms with Gasteiger partial charge in [0, 0.05) is 12.8 Å². The van der Waals surface area contributed by atoms with Crippen molar-refractivity contribution < 1.29 is 44.1 Å². The molecule has 13 heteroatoms. The molecule has 0 spiro atoms. The van der Waals surface area contributed by atoms with Gasteiger partial charge in [-0.15, -0.1) is 0 Å². The summed E-state index contributed by atoms with van der Waals surface area (Å²) in [5, 5.41) is 34.1. The number of benzene rings is 1. The SMILES string of the molecule is CC(C)C(N)C(=O)NC(Cc1ccccc1)C(=O)NC(CC(=O)O)C(=O)NC(CCC(=O)O)C(=O)O. The van der Waals surface area contributed by atoms with Crippen LogP contribution in [-0.4, -0.2) is 75.1 Å². The van der Waals surface area contributed by atoms with Crippen LogP contribution < -0.4 is 21.7 Å². The first-order valence-electron chi connectivity index (χ1n) is 11.2. The smallest absolute Gasteiger partial charge is 0.326 e. The zero-order chi connectivity index (χ0) is 27.4. The summed E-state index contributed by atoms with van der Waals surface area (Å²) in [6, 6.07) is 3.12. The standard InChI is InChI=1S/C23H32N4O9/c1-12(2)19(24)22(34)27-15(10-13-6-4-3-5-7-13)20(32)26-16(11-18(30)31)21(33)25-14(23(35)36)8-9-17(28)29/h3-7,12,14-16,19H,8-11,24H2,1-2H3,(H,25,33)(H,26,32)(H,27,34)(H,28,29)(H,30,31)(H,35,36). The van der Waals surface area contributed by atoms with Crippen molar-refractivity contribution in [1.82, 2.24) is 16.0 Å². The number of carboxylic acid groups (broad SMARTS) is 3. The van der Waals surface area contributed by atoms with E-state index in [1.54, 1.807) is 44.2 Å². The van der Waals surface area contributed by atoms with Gasteiger partial charge in [-0.1, -0.05) is 44.2 Å². The summed E-state index contributed by atoms with van der Waals surface area (Å²) in [5.41, 5.74) is 6.53. The third kappa shape index (κ3) is 10.5. The number of nitrogens with two attached hydrogens (primary N) is 1. The molecule has 36 heavy (non-hydrogen) atoms. The van der Waals surface area contributed by atoms with Crippen molar-refractivity contribution >= 4 is 35.6 Å². The van der Waals surface area contributed by atoms with E-state index in [2.05, 4.69) is 16.0 Å². The quantitative estimate of drug-likeness (QED) is 0.154. The Hall–Kier alpha value is -4.00. The molecule has 3 amide bonds. The molecule has 0 aliphatic rings. The first-order chi connectivity index (χ1) is 16.8. The predicted molar refractivity (Wildman–Crippen MR) is 126 cm³/mol. The predicted octanol–water partition coefficient (Wildman–Crippen LogP) is -0.909. The maximum atomic E-state index is 13.1. The lowest BCUT2D eigenvalue weighted by Gasteiger charge is -2.25. The van der Waals surface area contributed by atoms with Gasteiger partial charge in [-0.2, -0.15) is 0 Å². The number of rotatable bonds is 15. The van der Waals surface area contributed by atoms with E-state index in [0.29, 0.717) is 5.56 Å². The van der Waals surface area contributed by atoms with Gasteiger partial charge in [0.2, 0.25) is 17.7 Å². The number of carbonyl (C=O) groups excluding carboxylic acids is 3. The molecule has 1 aromatic carbocycles. The van der Waals surface area contributed by atoms with Crippen LogP contribution in [0, 0.1) is 5.92 Å². The maximum Gasteiger partial charge on any atom is 0.326 e. The fourth-order valence-electron chi connectivity index (χ4n) is 3.08. The summed E-state index contributed by atoms with van der Waals surface area (Å²) >= 11 is 0. The van der Waals surface area contributed by atoms with Crippen LogP contribution in [0.25, 0.3) is 0 Å². The van der Waals surface area contributed by atoms with E-state index < -0.39 is 79.1 Å². The monoisotopic (exact) mass is 508 g/mol. The highest BCUT2D eigenvalue weighted by Crippen LogP contribution is 2.07. The molecular weight excluding hydrogens is 476 g/mol. The van der Waals surface area contributed by atoms with E-state index in [1.165, 1.54) is 0 Å². The fourth-order valence-corrected chi connectivity index (χ4v) is 3.08. The molecule has 8 N–H and O–H groups in total. The van der Waals surface area contributed by atoms with E-state index >= 15 is 0 Å². The van der Waals surface area contributed by atoms with Crippen LogP contribution in [0.15, 0.2) is 30.3 Å². The van der Waals surface area contributed by atoms with E-state index in [9.17, 15) is 39.0 Å². The van der Waals surface area contributed by atoms with Crippen LogP contribution >= 0.6 is 0 Å².